The van der Waals surface area contributed by atoms with Gasteiger partial charge in [-0.3, -0.25) is 4.79 Å². The summed E-state index contributed by atoms with van der Waals surface area (Å²) in [5, 5.41) is 2.50. The molecule has 0 saturated carbocycles. The molecule has 0 aliphatic carbocycles. The molecule has 0 unspecified atom stereocenters. The molecule has 1 saturated heterocycles. The smallest absolute Gasteiger partial charge is 0.416 e. The van der Waals surface area contributed by atoms with Crippen molar-refractivity contribution in [2.24, 2.45) is 0 Å². The lowest BCUT2D eigenvalue weighted by Crippen LogP contribution is -2.47. The van der Waals surface area contributed by atoms with Gasteiger partial charge in [0.1, 0.15) is 12.1 Å². The molecule has 2 rings (SSSR count). The second kappa shape index (κ2) is 7.65. The zero-order chi connectivity index (χ0) is 17.7. The zero-order valence-electron chi connectivity index (χ0n) is 13.1. The van der Waals surface area contributed by atoms with Gasteiger partial charge in [0.25, 0.3) is 0 Å². The van der Waals surface area contributed by atoms with Crippen molar-refractivity contribution in [2.45, 2.75) is 37.6 Å². The number of carbonyl (C=O) groups excluding carboxylic acids is 2. The maximum absolute atomic E-state index is 12.8. The number of amides is 1. The van der Waals surface area contributed by atoms with Gasteiger partial charge in [-0.1, -0.05) is 18.2 Å². The summed E-state index contributed by atoms with van der Waals surface area (Å²) < 4.78 is 48.2. The van der Waals surface area contributed by atoms with E-state index in [0.29, 0.717) is 13.0 Å². The molecule has 5 nitrogen and oxygen atoms in total. The number of ether oxygens (including phenoxy) is 2. The fraction of sp³-hybridized carbons (Fsp3) is 0.500. The van der Waals surface area contributed by atoms with Gasteiger partial charge < -0.3 is 14.8 Å². The Morgan fingerprint density at radius 2 is 2.17 bits per heavy atom. The number of hydrogen-bond donors (Lipinski definition) is 1. The molecule has 8 heteroatoms. The van der Waals surface area contributed by atoms with Crippen LogP contribution in [0.25, 0.3) is 0 Å². The minimum Gasteiger partial charge on any atom is -0.467 e. The van der Waals surface area contributed by atoms with E-state index in [0.717, 1.165) is 25.7 Å². The summed E-state index contributed by atoms with van der Waals surface area (Å²) in [6.45, 7) is 0.467. The van der Waals surface area contributed by atoms with Crippen LogP contribution in [0.5, 0.6) is 0 Å². The molecular weight excluding hydrogens is 327 g/mol. The van der Waals surface area contributed by atoms with E-state index in [4.69, 9.17) is 4.74 Å². The maximum Gasteiger partial charge on any atom is 0.416 e. The van der Waals surface area contributed by atoms with Gasteiger partial charge in [-0.25, -0.2) is 4.79 Å². The number of nitrogens with one attached hydrogen (secondary N) is 1. The van der Waals surface area contributed by atoms with Crippen molar-refractivity contribution in [1.82, 2.24) is 5.32 Å². The normalized spacial score (nSPS) is 18.9. The van der Waals surface area contributed by atoms with Crippen LogP contribution >= 0.6 is 0 Å². The van der Waals surface area contributed by atoms with Crippen LogP contribution in [0.1, 0.15) is 24.0 Å². The summed E-state index contributed by atoms with van der Waals surface area (Å²) in [7, 11) is 1.15. The van der Waals surface area contributed by atoms with E-state index in [2.05, 4.69) is 10.1 Å². The summed E-state index contributed by atoms with van der Waals surface area (Å²) in [6, 6.07) is 3.54. The highest BCUT2D eigenvalue weighted by molar-refractivity contribution is 5.87. The summed E-state index contributed by atoms with van der Waals surface area (Å²) in [6.07, 6.45) is -3.93. The van der Waals surface area contributed by atoms with Crippen LogP contribution in [-0.4, -0.2) is 37.7 Å². The van der Waals surface area contributed by atoms with Crippen molar-refractivity contribution >= 4 is 11.9 Å². The zero-order valence-corrected chi connectivity index (χ0v) is 13.1. The Hall–Kier alpha value is -2.09. The fourth-order valence-electron chi connectivity index (χ4n) is 2.49. The molecule has 1 aromatic rings. The first-order chi connectivity index (χ1) is 11.3. The van der Waals surface area contributed by atoms with Crippen molar-refractivity contribution in [3.05, 3.63) is 35.4 Å². The molecule has 1 N–H and O–H groups in total. The van der Waals surface area contributed by atoms with E-state index in [1.807, 2.05) is 0 Å². The Bertz CT molecular complexity index is 597. The fourth-order valence-corrected chi connectivity index (χ4v) is 2.49. The Balaban J connectivity index is 2.11. The number of benzene rings is 1. The largest absolute Gasteiger partial charge is 0.467 e. The average molecular weight is 345 g/mol. The van der Waals surface area contributed by atoms with Crippen LogP contribution in [0, 0.1) is 0 Å². The van der Waals surface area contributed by atoms with Gasteiger partial charge in [-0.15, -0.1) is 0 Å². The summed E-state index contributed by atoms with van der Waals surface area (Å²) in [5.74, 6) is -1.19. The molecule has 132 valence electrons. The Morgan fingerprint density at radius 1 is 1.42 bits per heavy atom. The van der Waals surface area contributed by atoms with Gasteiger partial charge in [-0.05, 0) is 24.5 Å². The standard InChI is InChI=1S/C16H18F3NO4/c1-23-15(22)12(20-14(21)13-6-3-7-24-13)9-10-4-2-5-11(8-10)16(17,18)19/h2,4-5,8,12-13H,3,6-7,9H2,1H3,(H,20,21)/t12-,13+/m1/s1. The highest BCUT2D eigenvalue weighted by atomic mass is 19.4. The Kier molecular flexibility index (Phi) is 5.82. The third-order valence-electron chi connectivity index (χ3n) is 3.72. The Labute approximate surface area is 137 Å². The van der Waals surface area contributed by atoms with E-state index >= 15 is 0 Å². The van der Waals surface area contributed by atoms with E-state index in [-0.39, 0.29) is 12.0 Å². The Morgan fingerprint density at radius 3 is 2.75 bits per heavy atom. The number of esters is 1. The molecule has 2 atom stereocenters. The van der Waals surface area contributed by atoms with Crippen molar-refractivity contribution in [3.63, 3.8) is 0 Å². The van der Waals surface area contributed by atoms with Crippen molar-refractivity contribution in [1.29, 1.82) is 0 Å². The van der Waals surface area contributed by atoms with Crippen LogP contribution < -0.4 is 5.32 Å². The van der Waals surface area contributed by atoms with Crippen molar-refractivity contribution < 1.29 is 32.2 Å². The van der Waals surface area contributed by atoms with E-state index in [9.17, 15) is 22.8 Å². The van der Waals surface area contributed by atoms with E-state index in [1.165, 1.54) is 12.1 Å². The molecular formula is C16H18F3NO4. The highest BCUT2D eigenvalue weighted by Gasteiger charge is 2.32. The molecule has 1 fully saturated rings. The molecule has 1 amide bonds. The maximum atomic E-state index is 12.8. The first kappa shape index (κ1) is 18.3. The average Bonchev–Trinajstić information content (AvgIpc) is 3.07. The molecule has 1 aliphatic heterocycles. The molecule has 1 aliphatic rings. The molecule has 0 spiro atoms. The SMILES string of the molecule is COC(=O)[C@@H](Cc1cccc(C(F)(F)F)c1)NC(=O)[C@@H]1CCCO1. The third kappa shape index (κ3) is 4.70. The van der Waals surface area contributed by atoms with Crippen LogP contribution in [-0.2, 0) is 31.7 Å². The number of methoxy groups -OCH3 is 1. The van der Waals surface area contributed by atoms with Gasteiger partial charge in [0.15, 0.2) is 0 Å². The van der Waals surface area contributed by atoms with Crippen LogP contribution in [0.2, 0.25) is 0 Å². The number of hydrogen-bond acceptors (Lipinski definition) is 4. The van der Waals surface area contributed by atoms with Crippen LogP contribution in [0.4, 0.5) is 13.2 Å². The number of alkyl halides is 3. The summed E-state index contributed by atoms with van der Waals surface area (Å²) >= 11 is 0. The monoisotopic (exact) mass is 345 g/mol. The van der Waals surface area contributed by atoms with Gasteiger partial charge in [-0.2, -0.15) is 13.2 Å². The minimum atomic E-state index is -4.47. The molecule has 1 heterocycles. The number of carbonyl (C=O) groups is 2. The lowest BCUT2D eigenvalue weighted by Gasteiger charge is -2.19. The topological polar surface area (TPSA) is 64.6 Å². The van der Waals surface area contributed by atoms with Gasteiger partial charge in [0.2, 0.25) is 5.91 Å². The molecule has 1 aromatic carbocycles. The van der Waals surface area contributed by atoms with E-state index < -0.39 is 35.8 Å². The molecule has 0 radical (unpaired) electrons. The van der Waals surface area contributed by atoms with Gasteiger partial charge in [0.05, 0.1) is 12.7 Å². The lowest BCUT2D eigenvalue weighted by molar-refractivity contribution is -0.146. The van der Waals surface area contributed by atoms with Crippen molar-refractivity contribution in [2.75, 3.05) is 13.7 Å². The second-order valence-corrected chi connectivity index (χ2v) is 5.49. The van der Waals surface area contributed by atoms with E-state index in [1.54, 1.807) is 0 Å². The minimum absolute atomic E-state index is 0.102. The molecule has 0 bridgehead atoms. The predicted octanol–water partition coefficient (Wildman–Crippen LogP) is 2.08. The van der Waals surface area contributed by atoms with Gasteiger partial charge in [0, 0.05) is 13.0 Å². The van der Waals surface area contributed by atoms with Crippen LogP contribution in [0.15, 0.2) is 24.3 Å². The first-order valence-corrected chi connectivity index (χ1v) is 7.47. The summed E-state index contributed by atoms with van der Waals surface area (Å²) in [5.41, 5.74) is -0.540. The number of halogens is 3. The highest BCUT2D eigenvalue weighted by Crippen LogP contribution is 2.29. The molecule has 24 heavy (non-hydrogen) atoms. The third-order valence-corrected chi connectivity index (χ3v) is 3.72. The lowest BCUT2D eigenvalue weighted by atomic mass is 10.0. The number of rotatable bonds is 5. The van der Waals surface area contributed by atoms with Crippen LogP contribution in [0.3, 0.4) is 0 Å². The first-order valence-electron chi connectivity index (χ1n) is 7.47. The predicted molar refractivity (Wildman–Crippen MR) is 78.1 cm³/mol. The van der Waals surface area contributed by atoms with Gasteiger partial charge >= 0.3 is 12.1 Å². The molecule has 0 aromatic heterocycles. The second-order valence-electron chi connectivity index (χ2n) is 5.49. The van der Waals surface area contributed by atoms with Crippen molar-refractivity contribution in [3.8, 4) is 0 Å². The quantitative estimate of drug-likeness (QED) is 0.830. The summed E-state index contributed by atoms with van der Waals surface area (Å²) in [4.78, 5) is 23.9.